The van der Waals surface area contributed by atoms with Gasteiger partial charge < -0.3 is 15.0 Å². The summed E-state index contributed by atoms with van der Waals surface area (Å²) in [5.74, 6) is -0.216. The molecule has 0 radical (unpaired) electrons. The van der Waals surface area contributed by atoms with Gasteiger partial charge >= 0.3 is 5.69 Å². The molecule has 2 N–H and O–H groups in total. The first-order valence-corrected chi connectivity index (χ1v) is 8.84. The predicted molar refractivity (Wildman–Crippen MR) is 101 cm³/mol. The Morgan fingerprint density at radius 2 is 2.04 bits per heavy atom. The molecule has 1 aromatic heterocycles. The second-order valence-electron chi connectivity index (χ2n) is 7.95. The Labute approximate surface area is 151 Å². The molecular formula is C19H25N3O4. The highest BCUT2D eigenvalue weighted by Crippen LogP contribution is 2.33. The molecule has 0 spiro atoms. The number of hydrogen-bond donors (Lipinski definition) is 2. The normalized spacial score (nSPS) is 20.9. The van der Waals surface area contributed by atoms with Crippen LogP contribution < -0.4 is 16.6 Å². The van der Waals surface area contributed by atoms with Gasteiger partial charge in [-0.1, -0.05) is 20.8 Å². The average Bonchev–Trinajstić information content (AvgIpc) is 2.54. The van der Waals surface area contributed by atoms with Crippen molar-refractivity contribution < 1.29 is 9.53 Å². The van der Waals surface area contributed by atoms with Crippen molar-refractivity contribution in [3.63, 3.8) is 0 Å². The first kappa shape index (κ1) is 18.4. The van der Waals surface area contributed by atoms with E-state index in [1.165, 1.54) is 11.5 Å². The van der Waals surface area contributed by atoms with Crippen LogP contribution in [0.4, 0.5) is 5.69 Å². The molecular weight excluding hydrogens is 334 g/mol. The third-order valence-corrected chi connectivity index (χ3v) is 4.84. The largest absolute Gasteiger partial charge is 0.378 e. The molecule has 0 aliphatic carbocycles. The summed E-state index contributed by atoms with van der Waals surface area (Å²) in [4.78, 5) is 39.7. The quantitative estimate of drug-likeness (QED) is 0.861. The summed E-state index contributed by atoms with van der Waals surface area (Å²) in [6.07, 6.45) is 1.21. The number of rotatable bonds is 2. The number of nitrogens with zero attached hydrogens (tertiary/aromatic N) is 1. The average molecular weight is 359 g/mol. The van der Waals surface area contributed by atoms with Crippen LogP contribution in [0.2, 0.25) is 0 Å². The van der Waals surface area contributed by atoms with Crippen molar-refractivity contribution in [2.75, 3.05) is 11.9 Å². The second-order valence-corrected chi connectivity index (χ2v) is 7.95. The van der Waals surface area contributed by atoms with Crippen LogP contribution in [0.3, 0.4) is 0 Å². The molecule has 0 bridgehead atoms. The fraction of sp³-hybridized carbons (Fsp3) is 0.526. The zero-order chi connectivity index (χ0) is 19.1. The zero-order valence-electron chi connectivity index (χ0n) is 15.6. The van der Waals surface area contributed by atoms with E-state index in [9.17, 15) is 14.4 Å². The monoisotopic (exact) mass is 359 g/mol. The maximum atomic E-state index is 13.0. The summed E-state index contributed by atoms with van der Waals surface area (Å²) in [6, 6.07) is 4.69. The molecule has 7 nitrogen and oxygen atoms in total. The lowest BCUT2D eigenvalue weighted by Crippen LogP contribution is -2.44. The molecule has 2 atom stereocenters. The van der Waals surface area contributed by atoms with Gasteiger partial charge in [0.15, 0.2) is 0 Å². The molecule has 3 rings (SSSR count). The minimum atomic E-state index is -0.408. The molecule has 2 aromatic rings. The topological polar surface area (TPSA) is 93.2 Å². The van der Waals surface area contributed by atoms with Gasteiger partial charge in [0.1, 0.15) is 0 Å². The molecule has 1 aromatic carbocycles. The van der Waals surface area contributed by atoms with E-state index in [4.69, 9.17) is 4.74 Å². The summed E-state index contributed by atoms with van der Waals surface area (Å²) in [5.41, 5.74) is 0.180. The van der Waals surface area contributed by atoms with Crippen LogP contribution in [0, 0.1) is 5.41 Å². The molecule has 0 saturated carbocycles. The van der Waals surface area contributed by atoms with E-state index >= 15 is 0 Å². The van der Waals surface area contributed by atoms with Crippen LogP contribution in [0.1, 0.15) is 46.6 Å². The minimum Gasteiger partial charge on any atom is -0.378 e. The highest BCUT2D eigenvalue weighted by molar-refractivity contribution is 5.91. The SMILES string of the molecule is CC(=O)Nc1ccc2[nH]c(=O)n([C@H]3CCO[C@@H](C(C)(C)C)C3)c(=O)c2c1. The number of aromatic nitrogens is 2. The number of carbonyl (C=O) groups is 1. The summed E-state index contributed by atoms with van der Waals surface area (Å²) < 4.78 is 7.16. The molecule has 26 heavy (non-hydrogen) atoms. The van der Waals surface area contributed by atoms with Gasteiger partial charge in [-0.15, -0.1) is 0 Å². The number of H-pyrrole nitrogens is 1. The van der Waals surface area contributed by atoms with E-state index in [1.54, 1.807) is 18.2 Å². The van der Waals surface area contributed by atoms with Crippen molar-refractivity contribution in [3.8, 4) is 0 Å². The number of aromatic amines is 1. The van der Waals surface area contributed by atoms with Gasteiger partial charge in [-0.05, 0) is 36.5 Å². The Bertz CT molecular complexity index is 952. The maximum Gasteiger partial charge on any atom is 0.329 e. The molecule has 1 saturated heterocycles. The maximum absolute atomic E-state index is 13.0. The number of amides is 1. The standard InChI is InChI=1S/C19H25N3O4/c1-11(23)20-12-5-6-15-14(9-12)17(24)22(18(25)21-15)13-7-8-26-16(10-13)19(2,3)4/h5-6,9,13,16H,7-8,10H2,1-4H3,(H,20,23)(H,21,25)/t13-,16+/m0/s1. The van der Waals surface area contributed by atoms with E-state index in [0.717, 1.165) is 0 Å². The highest BCUT2D eigenvalue weighted by atomic mass is 16.5. The summed E-state index contributed by atoms with van der Waals surface area (Å²) in [6.45, 7) is 8.19. The first-order valence-electron chi connectivity index (χ1n) is 8.84. The van der Waals surface area contributed by atoms with E-state index in [-0.39, 0.29) is 29.0 Å². The summed E-state index contributed by atoms with van der Waals surface area (Å²) in [7, 11) is 0. The van der Waals surface area contributed by atoms with Crippen molar-refractivity contribution in [3.05, 3.63) is 39.0 Å². The fourth-order valence-electron chi connectivity index (χ4n) is 3.46. The fourth-order valence-corrected chi connectivity index (χ4v) is 3.46. The molecule has 140 valence electrons. The smallest absolute Gasteiger partial charge is 0.329 e. The Morgan fingerprint density at radius 3 is 2.69 bits per heavy atom. The van der Waals surface area contributed by atoms with Crippen molar-refractivity contribution in [2.45, 2.75) is 52.7 Å². The third kappa shape index (κ3) is 3.58. The van der Waals surface area contributed by atoms with Crippen LogP contribution in [0.25, 0.3) is 10.9 Å². The number of ether oxygens (including phenoxy) is 1. The Morgan fingerprint density at radius 1 is 1.31 bits per heavy atom. The van der Waals surface area contributed by atoms with Gasteiger partial charge in [-0.3, -0.25) is 14.2 Å². The summed E-state index contributed by atoms with van der Waals surface area (Å²) >= 11 is 0. The van der Waals surface area contributed by atoms with Crippen molar-refractivity contribution >= 4 is 22.5 Å². The molecule has 1 amide bonds. The lowest BCUT2D eigenvalue weighted by atomic mass is 9.83. The van der Waals surface area contributed by atoms with Crippen LogP contribution in [-0.4, -0.2) is 28.2 Å². The van der Waals surface area contributed by atoms with Gasteiger partial charge in [-0.2, -0.15) is 0 Å². The number of fused-ring (bicyclic) bond motifs is 1. The van der Waals surface area contributed by atoms with Gasteiger partial charge in [0.05, 0.1) is 17.0 Å². The number of carbonyl (C=O) groups excluding carboxylic acids is 1. The van der Waals surface area contributed by atoms with E-state index in [1.807, 2.05) is 0 Å². The van der Waals surface area contributed by atoms with Gasteiger partial charge in [0.2, 0.25) is 5.91 Å². The summed E-state index contributed by atoms with van der Waals surface area (Å²) in [5, 5.41) is 3.05. The van der Waals surface area contributed by atoms with Crippen LogP contribution in [0.15, 0.2) is 27.8 Å². The minimum absolute atomic E-state index is 0.0195. The first-order chi connectivity index (χ1) is 12.2. The second kappa shape index (κ2) is 6.72. The highest BCUT2D eigenvalue weighted by Gasteiger charge is 2.33. The predicted octanol–water partition coefficient (Wildman–Crippen LogP) is 2.41. The number of hydrogen-bond acceptors (Lipinski definition) is 4. The Hall–Kier alpha value is -2.41. The van der Waals surface area contributed by atoms with Gasteiger partial charge in [0, 0.05) is 25.3 Å². The van der Waals surface area contributed by atoms with Gasteiger partial charge in [-0.25, -0.2) is 4.79 Å². The van der Waals surface area contributed by atoms with Crippen LogP contribution in [-0.2, 0) is 9.53 Å². The molecule has 7 heteroatoms. The molecule has 1 aliphatic heterocycles. The van der Waals surface area contributed by atoms with Gasteiger partial charge in [0.25, 0.3) is 5.56 Å². The molecule has 1 aliphatic rings. The van der Waals surface area contributed by atoms with Crippen LogP contribution in [0.5, 0.6) is 0 Å². The lowest BCUT2D eigenvalue weighted by molar-refractivity contribution is -0.114. The zero-order valence-corrected chi connectivity index (χ0v) is 15.6. The van der Waals surface area contributed by atoms with Crippen LogP contribution >= 0.6 is 0 Å². The van der Waals surface area contributed by atoms with Crippen molar-refractivity contribution in [1.82, 2.24) is 9.55 Å². The van der Waals surface area contributed by atoms with E-state index in [2.05, 4.69) is 31.1 Å². The van der Waals surface area contributed by atoms with Crippen molar-refractivity contribution in [2.24, 2.45) is 5.41 Å². The molecule has 0 unspecified atom stereocenters. The number of nitrogens with one attached hydrogen (secondary N) is 2. The Kier molecular flexibility index (Phi) is 4.75. The van der Waals surface area contributed by atoms with E-state index in [0.29, 0.717) is 36.0 Å². The number of benzene rings is 1. The number of anilines is 1. The lowest BCUT2D eigenvalue weighted by Gasteiger charge is -2.37. The Balaban J connectivity index is 2.06. The van der Waals surface area contributed by atoms with E-state index < -0.39 is 5.69 Å². The molecule has 1 fully saturated rings. The molecule has 2 heterocycles. The third-order valence-electron chi connectivity index (χ3n) is 4.84. The van der Waals surface area contributed by atoms with Crippen molar-refractivity contribution in [1.29, 1.82) is 0 Å².